The van der Waals surface area contributed by atoms with Gasteiger partial charge in [-0.1, -0.05) is 48.5 Å². The van der Waals surface area contributed by atoms with Crippen LogP contribution in [-0.4, -0.2) is 18.0 Å². The Hall–Kier alpha value is -3.60. The molecule has 146 valence electrons. The summed E-state index contributed by atoms with van der Waals surface area (Å²) in [4.78, 5) is 16.5. The quantitative estimate of drug-likeness (QED) is 0.498. The van der Waals surface area contributed by atoms with E-state index in [1.54, 1.807) is 13.3 Å². The highest BCUT2D eigenvalue weighted by Gasteiger charge is 2.09. The van der Waals surface area contributed by atoms with E-state index < -0.39 is 0 Å². The van der Waals surface area contributed by atoms with Crippen molar-refractivity contribution in [3.63, 3.8) is 0 Å². The predicted molar refractivity (Wildman–Crippen MR) is 113 cm³/mol. The second-order valence-electron chi connectivity index (χ2n) is 6.81. The summed E-state index contributed by atoms with van der Waals surface area (Å²) < 4.78 is 11.0. The summed E-state index contributed by atoms with van der Waals surface area (Å²) in [6.07, 6.45) is 2.50. The summed E-state index contributed by atoms with van der Waals surface area (Å²) >= 11 is 0. The van der Waals surface area contributed by atoms with Gasteiger partial charge in [0.2, 0.25) is 5.91 Å². The van der Waals surface area contributed by atoms with Crippen molar-refractivity contribution in [2.24, 2.45) is 0 Å². The number of benzene rings is 3. The molecule has 5 nitrogen and oxygen atoms in total. The maximum absolute atomic E-state index is 12.2. The number of ether oxygens (including phenoxy) is 1. The average Bonchev–Trinajstić information content (AvgIpc) is 3.25. The summed E-state index contributed by atoms with van der Waals surface area (Å²) in [6.45, 7) is 0.488. The number of fused-ring (bicyclic) bond motifs is 1. The van der Waals surface area contributed by atoms with Gasteiger partial charge < -0.3 is 14.5 Å². The van der Waals surface area contributed by atoms with Crippen molar-refractivity contribution in [2.75, 3.05) is 7.11 Å². The molecular weight excluding hydrogens is 364 g/mol. The van der Waals surface area contributed by atoms with Gasteiger partial charge in [0, 0.05) is 24.9 Å². The molecule has 0 saturated heterocycles. The van der Waals surface area contributed by atoms with Gasteiger partial charge in [-0.3, -0.25) is 4.79 Å². The van der Waals surface area contributed by atoms with Crippen molar-refractivity contribution in [2.45, 2.75) is 19.4 Å². The number of hydrogen-bond donors (Lipinski definition) is 1. The maximum Gasteiger partial charge on any atom is 0.220 e. The van der Waals surface area contributed by atoms with Gasteiger partial charge in [-0.2, -0.15) is 0 Å². The first-order valence-corrected chi connectivity index (χ1v) is 9.55. The Balaban J connectivity index is 1.30. The second-order valence-corrected chi connectivity index (χ2v) is 6.81. The van der Waals surface area contributed by atoms with E-state index in [0.717, 1.165) is 27.6 Å². The van der Waals surface area contributed by atoms with Gasteiger partial charge in [-0.05, 0) is 34.5 Å². The molecule has 0 aliphatic carbocycles. The number of nitrogens with one attached hydrogen (secondary N) is 1. The topological polar surface area (TPSA) is 64.4 Å². The van der Waals surface area contributed by atoms with E-state index in [9.17, 15) is 4.79 Å². The number of hydrogen-bond acceptors (Lipinski definition) is 4. The fourth-order valence-electron chi connectivity index (χ4n) is 3.18. The summed E-state index contributed by atoms with van der Waals surface area (Å²) in [5.41, 5.74) is 2.03. The van der Waals surface area contributed by atoms with E-state index >= 15 is 0 Å². The Morgan fingerprint density at radius 2 is 1.83 bits per heavy atom. The molecule has 5 heteroatoms. The summed E-state index contributed by atoms with van der Waals surface area (Å²) in [5, 5.41) is 5.19. The number of methoxy groups -OCH3 is 1. The minimum atomic E-state index is -0.0284. The van der Waals surface area contributed by atoms with E-state index in [1.165, 1.54) is 0 Å². The Kier molecular flexibility index (Phi) is 5.56. The zero-order valence-electron chi connectivity index (χ0n) is 16.2. The zero-order valence-corrected chi connectivity index (χ0v) is 16.2. The molecule has 0 fully saturated rings. The van der Waals surface area contributed by atoms with E-state index in [-0.39, 0.29) is 5.91 Å². The fraction of sp³-hybridized carbons (Fsp3) is 0.167. The van der Waals surface area contributed by atoms with Crippen LogP contribution in [-0.2, 0) is 17.8 Å². The molecule has 4 aromatic rings. The molecule has 0 aliphatic rings. The van der Waals surface area contributed by atoms with Gasteiger partial charge >= 0.3 is 0 Å². The van der Waals surface area contributed by atoms with Crippen LogP contribution >= 0.6 is 0 Å². The SMILES string of the molecule is COc1ccc2cc(CNC(=O)CCc3ncc(-c4ccccc4)o3)ccc2c1. The lowest BCUT2D eigenvalue weighted by atomic mass is 10.1. The monoisotopic (exact) mass is 386 g/mol. The zero-order chi connectivity index (χ0) is 20.1. The van der Waals surface area contributed by atoms with Gasteiger partial charge in [0.15, 0.2) is 11.7 Å². The molecule has 0 radical (unpaired) electrons. The van der Waals surface area contributed by atoms with Crippen LogP contribution in [0, 0.1) is 0 Å². The predicted octanol–water partition coefficient (Wildman–Crippen LogP) is 4.75. The van der Waals surface area contributed by atoms with E-state index in [1.807, 2.05) is 60.7 Å². The highest BCUT2D eigenvalue weighted by Crippen LogP contribution is 2.22. The number of amides is 1. The van der Waals surface area contributed by atoms with Crippen LogP contribution in [0.15, 0.2) is 77.3 Å². The van der Waals surface area contributed by atoms with Crippen LogP contribution in [0.3, 0.4) is 0 Å². The molecule has 0 bridgehead atoms. The summed E-state index contributed by atoms with van der Waals surface area (Å²) in [7, 11) is 1.66. The highest BCUT2D eigenvalue weighted by molar-refractivity contribution is 5.84. The lowest BCUT2D eigenvalue weighted by Crippen LogP contribution is -2.23. The first kappa shape index (κ1) is 18.7. The Bertz CT molecular complexity index is 1120. The lowest BCUT2D eigenvalue weighted by molar-refractivity contribution is -0.121. The van der Waals surface area contributed by atoms with Gasteiger partial charge in [0.05, 0.1) is 13.3 Å². The van der Waals surface area contributed by atoms with Gasteiger partial charge in [-0.15, -0.1) is 0 Å². The van der Waals surface area contributed by atoms with Gasteiger partial charge in [-0.25, -0.2) is 4.98 Å². The van der Waals surface area contributed by atoms with Crippen LogP contribution in [0.4, 0.5) is 0 Å². The van der Waals surface area contributed by atoms with Crippen LogP contribution in [0.1, 0.15) is 17.9 Å². The molecule has 0 aliphatic heterocycles. The summed E-state index contributed by atoms with van der Waals surface area (Å²) in [6, 6.07) is 21.9. The molecule has 4 rings (SSSR count). The molecular formula is C24H22N2O3. The van der Waals surface area contributed by atoms with Crippen molar-refractivity contribution >= 4 is 16.7 Å². The number of aryl methyl sites for hydroxylation is 1. The number of carbonyl (C=O) groups excluding carboxylic acids is 1. The Morgan fingerprint density at radius 3 is 2.66 bits per heavy atom. The molecule has 0 atom stereocenters. The smallest absolute Gasteiger partial charge is 0.220 e. The van der Waals surface area contributed by atoms with Crippen LogP contribution in [0.2, 0.25) is 0 Å². The van der Waals surface area contributed by atoms with Crippen molar-refractivity contribution < 1.29 is 13.9 Å². The molecule has 1 N–H and O–H groups in total. The minimum Gasteiger partial charge on any atom is -0.497 e. The number of oxazole rings is 1. The second kappa shape index (κ2) is 8.61. The fourth-order valence-corrected chi connectivity index (χ4v) is 3.18. The molecule has 1 aromatic heterocycles. The van der Waals surface area contributed by atoms with E-state index in [4.69, 9.17) is 9.15 Å². The first-order valence-electron chi connectivity index (χ1n) is 9.55. The molecule has 1 heterocycles. The molecule has 0 unspecified atom stereocenters. The molecule has 29 heavy (non-hydrogen) atoms. The third-order valence-electron chi connectivity index (χ3n) is 4.78. The third-order valence-corrected chi connectivity index (χ3v) is 4.78. The number of rotatable bonds is 7. The lowest BCUT2D eigenvalue weighted by Gasteiger charge is -2.07. The Labute approximate surface area is 169 Å². The average molecular weight is 386 g/mol. The molecule has 1 amide bonds. The van der Waals surface area contributed by atoms with Crippen LogP contribution in [0.5, 0.6) is 5.75 Å². The maximum atomic E-state index is 12.2. The largest absolute Gasteiger partial charge is 0.497 e. The van der Waals surface area contributed by atoms with Gasteiger partial charge in [0.1, 0.15) is 5.75 Å². The summed E-state index contributed by atoms with van der Waals surface area (Å²) in [5.74, 6) is 2.09. The normalized spacial score (nSPS) is 10.8. The molecule has 0 saturated carbocycles. The standard InChI is InChI=1S/C24H22N2O3/c1-28-21-10-9-19-13-17(7-8-20(19)14-21)15-25-23(27)11-12-24-26-16-22(29-24)18-5-3-2-4-6-18/h2-10,13-14,16H,11-12,15H2,1H3,(H,25,27). The Morgan fingerprint density at radius 1 is 1.03 bits per heavy atom. The number of carbonyl (C=O) groups is 1. The molecule has 0 spiro atoms. The van der Waals surface area contributed by atoms with Crippen LogP contribution in [0.25, 0.3) is 22.1 Å². The van der Waals surface area contributed by atoms with Crippen LogP contribution < -0.4 is 10.1 Å². The van der Waals surface area contributed by atoms with Crippen molar-refractivity contribution in [3.8, 4) is 17.1 Å². The van der Waals surface area contributed by atoms with Crippen molar-refractivity contribution in [1.29, 1.82) is 0 Å². The van der Waals surface area contributed by atoms with Gasteiger partial charge in [0.25, 0.3) is 0 Å². The van der Waals surface area contributed by atoms with Crippen molar-refractivity contribution in [1.82, 2.24) is 10.3 Å². The third kappa shape index (κ3) is 4.63. The molecule has 3 aromatic carbocycles. The number of aromatic nitrogens is 1. The minimum absolute atomic E-state index is 0.0284. The number of nitrogens with zero attached hydrogens (tertiary/aromatic N) is 1. The van der Waals surface area contributed by atoms with E-state index in [2.05, 4.69) is 16.4 Å². The first-order chi connectivity index (χ1) is 14.2. The van der Waals surface area contributed by atoms with E-state index in [0.29, 0.717) is 31.0 Å². The van der Waals surface area contributed by atoms with Crippen molar-refractivity contribution in [3.05, 3.63) is 84.4 Å². The highest BCUT2D eigenvalue weighted by atomic mass is 16.5.